The van der Waals surface area contributed by atoms with Gasteiger partial charge in [0.1, 0.15) is 11.6 Å². The summed E-state index contributed by atoms with van der Waals surface area (Å²) in [5, 5.41) is 10.6. The second kappa shape index (κ2) is 3.09. The number of hydrogen-bond acceptors (Lipinski definition) is 2. The number of benzene rings is 1. The Morgan fingerprint density at radius 2 is 1.91 bits per heavy atom. The minimum atomic E-state index is -0.820. The molecule has 1 aromatic carbocycles. The number of rotatable bonds is 1. The number of halogens is 2. The van der Waals surface area contributed by atoms with E-state index in [4.69, 9.17) is 5.21 Å². The van der Waals surface area contributed by atoms with Crippen LogP contribution in [0, 0.1) is 17.7 Å². The summed E-state index contributed by atoms with van der Waals surface area (Å²) < 4.78 is 24.6. The second-order valence-corrected chi connectivity index (χ2v) is 1.85. The fraction of sp³-hybridized carbons (Fsp3) is 0. The summed E-state index contributed by atoms with van der Waals surface area (Å²) >= 11 is 0. The summed E-state index contributed by atoms with van der Waals surface area (Å²) in [5.41, 5.74) is 0.154. The van der Waals surface area contributed by atoms with Crippen LogP contribution >= 0.6 is 0 Å². The summed E-state index contributed by atoms with van der Waals surface area (Å²) in [6.07, 6.45) is 0.931. The molecule has 1 radical (unpaired) electrons. The Hall–Kier alpha value is -1.45. The standard InChI is InChI=1S/C7H4F2NO/c8-6-1-5(4-10-11)2-7(9)3-6/h1-2,4,11H/b10-4-. The molecule has 0 aliphatic heterocycles. The Balaban J connectivity index is 3.08. The van der Waals surface area contributed by atoms with Gasteiger partial charge in [-0.05, 0) is 12.1 Å². The molecule has 0 unspecified atom stereocenters. The number of oxime groups is 1. The summed E-state index contributed by atoms with van der Waals surface area (Å²) in [5.74, 6) is -1.64. The van der Waals surface area contributed by atoms with Crippen LogP contribution in [0.5, 0.6) is 0 Å². The highest BCUT2D eigenvalue weighted by atomic mass is 19.1. The Bertz CT molecular complexity index is 266. The smallest absolute Gasteiger partial charge is 0.134 e. The van der Waals surface area contributed by atoms with E-state index in [1.165, 1.54) is 0 Å². The lowest BCUT2D eigenvalue weighted by Gasteiger charge is -1.91. The monoisotopic (exact) mass is 156 g/mol. The van der Waals surface area contributed by atoms with Crippen molar-refractivity contribution in [3.8, 4) is 0 Å². The third kappa shape index (κ3) is 2.00. The molecule has 2 nitrogen and oxygen atoms in total. The molecule has 1 N–H and O–H groups in total. The molecule has 0 spiro atoms. The summed E-state index contributed by atoms with van der Waals surface area (Å²) in [6, 6.07) is 3.80. The molecule has 0 aliphatic carbocycles. The maximum atomic E-state index is 12.3. The lowest BCUT2D eigenvalue weighted by atomic mass is 10.2. The molecular formula is C7H4F2NO. The van der Waals surface area contributed by atoms with Gasteiger partial charge in [0.05, 0.1) is 12.3 Å². The zero-order valence-electron chi connectivity index (χ0n) is 5.38. The zero-order valence-corrected chi connectivity index (χ0v) is 5.38. The molecule has 0 saturated heterocycles. The fourth-order valence-electron chi connectivity index (χ4n) is 0.662. The van der Waals surface area contributed by atoms with E-state index in [0.29, 0.717) is 0 Å². The van der Waals surface area contributed by atoms with Gasteiger partial charge in [-0.3, -0.25) is 0 Å². The van der Waals surface area contributed by atoms with Crippen LogP contribution < -0.4 is 0 Å². The van der Waals surface area contributed by atoms with Crippen molar-refractivity contribution in [2.75, 3.05) is 0 Å². The third-order valence-corrected chi connectivity index (χ3v) is 1.03. The Labute approximate surface area is 61.8 Å². The van der Waals surface area contributed by atoms with Crippen LogP contribution in [-0.2, 0) is 0 Å². The third-order valence-electron chi connectivity index (χ3n) is 1.03. The van der Waals surface area contributed by atoms with Crippen LogP contribution in [0.3, 0.4) is 0 Å². The normalized spacial score (nSPS) is 10.7. The van der Waals surface area contributed by atoms with Gasteiger partial charge >= 0.3 is 0 Å². The van der Waals surface area contributed by atoms with E-state index in [9.17, 15) is 8.78 Å². The predicted octanol–water partition coefficient (Wildman–Crippen LogP) is 1.57. The Morgan fingerprint density at radius 1 is 1.36 bits per heavy atom. The highest BCUT2D eigenvalue weighted by Gasteiger charge is 1.97. The average Bonchev–Trinajstić information content (AvgIpc) is 1.85. The van der Waals surface area contributed by atoms with Crippen molar-refractivity contribution in [3.63, 3.8) is 0 Å². The lowest BCUT2D eigenvalue weighted by Crippen LogP contribution is -1.86. The molecule has 0 saturated carbocycles. The van der Waals surface area contributed by atoms with Gasteiger partial charge in [-0.1, -0.05) is 5.16 Å². The largest absolute Gasteiger partial charge is 0.411 e. The molecule has 0 aromatic heterocycles. The van der Waals surface area contributed by atoms with E-state index in [1.807, 2.05) is 0 Å². The molecule has 4 heteroatoms. The predicted molar refractivity (Wildman–Crippen MR) is 34.6 cm³/mol. The lowest BCUT2D eigenvalue weighted by molar-refractivity contribution is 0.322. The van der Waals surface area contributed by atoms with Gasteiger partial charge in [0.25, 0.3) is 0 Å². The Kier molecular flexibility index (Phi) is 2.15. The van der Waals surface area contributed by atoms with Crippen molar-refractivity contribution in [2.24, 2.45) is 5.16 Å². The van der Waals surface area contributed by atoms with Gasteiger partial charge in [-0.15, -0.1) is 0 Å². The average molecular weight is 156 g/mol. The Morgan fingerprint density at radius 3 is 2.36 bits per heavy atom. The molecule has 0 heterocycles. The molecule has 0 aliphatic rings. The molecule has 1 rings (SSSR count). The first-order valence-electron chi connectivity index (χ1n) is 2.78. The number of nitrogens with zero attached hydrogens (tertiary/aromatic N) is 1. The SMILES string of the molecule is O/N=C\c1cc(F)[c]c(F)c1. The van der Waals surface area contributed by atoms with Crippen molar-refractivity contribution in [3.05, 3.63) is 35.4 Å². The molecule has 1 aromatic rings. The zero-order chi connectivity index (χ0) is 8.27. The first-order valence-corrected chi connectivity index (χ1v) is 2.78. The van der Waals surface area contributed by atoms with Crippen molar-refractivity contribution in [1.82, 2.24) is 0 Å². The molecule has 0 atom stereocenters. The number of hydrogen-bond donors (Lipinski definition) is 1. The highest BCUT2D eigenvalue weighted by molar-refractivity contribution is 5.78. The van der Waals surface area contributed by atoms with E-state index in [0.717, 1.165) is 18.3 Å². The van der Waals surface area contributed by atoms with Crippen LogP contribution in [0.15, 0.2) is 17.3 Å². The first-order chi connectivity index (χ1) is 5.22. The van der Waals surface area contributed by atoms with Gasteiger partial charge in [0.2, 0.25) is 0 Å². The second-order valence-electron chi connectivity index (χ2n) is 1.85. The molecule has 0 bridgehead atoms. The minimum Gasteiger partial charge on any atom is -0.411 e. The quantitative estimate of drug-likeness (QED) is 0.373. The van der Waals surface area contributed by atoms with E-state index in [-0.39, 0.29) is 5.56 Å². The minimum absolute atomic E-state index is 0.154. The van der Waals surface area contributed by atoms with Gasteiger partial charge in [0, 0.05) is 5.56 Å². The molecule has 0 amide bonds. The van der Waals surface area contributed by atoms with E-state index < -0.39 is 11.6 Å². The molecule has 0 fully saturated rings. The van der Waals surface area contributed by atoms with Crippen molar-refractivity contribution in [1.29, 1.82) is 0 Å². The van der Waals surface area contributed by atoms with E-state index >= 15 is 0 Å². The maximum Gasteiger partial charge on any atom is 0.134 e. The van der Waals surface area contributed by atoms with E-state index in [1.54, 1.807) is 6.07 Å². The highest BCUT2D eigenvalue weighted by Crippen LogP contribution is 2.04. The van der Waals surface area contributed by atoms with Crippen molar-refractivity contribution < 1.29 is 14.0 Å². The van der Waals surface area contributed by atoms with Crippen LogP contribution in [0.2, 0.25) is 0 Å². The van der Waals surface area contributed by atoms with Crippen LogP contribution in [-0.4, -0.2) is 11.4 Å². The topological polar surface area (TPSA) is 32.6 Å². The van der Waals surface area contributed by atoms with Crippen LogP contribution in [0.25, 0.3) is 0 Å². The van der Waals surface area contributed by atoms with Crippen molar-refractivity contribution in [2.45, 2.75) is 0 Å². The molecule has 57 valence electrons. The van der Waals surface area contributed by atoms with Crippen molar-refractivity contribution >= 4 is 6.21 Å². The first kappa shape index (κ1) is 7.65. The fourth-order valence-corrected chi connectivity index (χ4v) is 0.662. The molecular weight excluding hydrogens is 152 g/mol. The summed E-state index contributed by atoms with van der Waals surface area (Å²) in [7, 11) is 0. The molecule has 11 heavy (non-hydrogen) atoms. The van der Waals surface area contributed by atoms with Gasteiger partial charge < -0.3 is 5.21 Å². The summed E-state index contributed by atoms with van der Waals surface area (Å²) in [6.45, 7) is 0. The van der Waals surface area contributed by atoms with Gasteiger partial charge in [0.15, 0.2) is 0 Å². The van der Waals surface area contributed by atoms with Crippen LogP contribution in [0.1, 0.15) is 5.56 Å². The van der Waals surface area contributed by atoms with Gasteiger partial charge in [-0.25, -0.2) is 8.78 Å². The van der Waals surface area contributed by atoms with Crippen LogP contribution in [0.4, 0.5) is 8.78 Å². The van der Waals surface area contributed by atoms with E-state index in [2.05, 4.69) is 5.16 Å². The maximum absolute atomic E-state index is 12.3. The summed E-state index contributed by atoms with van der Waals surface area (Å²) in [4.78, 5) is 0. The van der Waals surface area contributed by atoms with Gasteiger partial charge in [-0.2, -0.15) is 0 Å².